The number of halogens is 2. The molecule has 0 unspecified atom stereocenters. The first-order chi connectivity index (χ1) is 16.5. The summed E-state index contributed by atoms with van der Waals surface area (Å²) in [4.78, 5) is 52.5. The number of anilines is 1. The van der Waals surface area contributed by atoms with Gasteiger partial charge >= 0.3 is 0 Å². The fourth-order valence-corrected chi connectivity index (χ4v) is 4.71. The summed E-state index contributed by atoms with van der Waals surface area (Å²) in [5.74, 6) is -3.92. The molecule has 34 heavy (non-hydrogen) atoms. The van der Waals surface area contributed by atoms with Gasteiger partial charge in [-0.25, -0.2) is 14.3 Å². The second-order valence-electron chi connectivity index (χ2n) is 7.88. The number of para-hydroxylation sites is 1. The van der Waals surface area contributed by atoms with E-state index in [0.717, 1.165) is 9.30 Å². The van der Waals surface area contributed by atoms with Crippen molar-refractivity contribution in [2.45, 2.75) is 0 Å². The Labute approximate surface area is 187 Å². The van der Waals surface area contributed by atoms with Crippen molar-refractivity contribution in [1.29, 1.82) is 0 Å². The van der Waals surface area contributed by atoms with Crippen LogP contribution in [0.2, 0.25) is 0 Å². The molecule has 0 saturated heterocycles. The molecule has 6 aromatic rings. The van der Waals surface area contributed by atoms with E-state index >= 15 is 0 Å². The number of hydrogen-bond donors (Lipinski definition) is 0. The van der Waals surface area contributed by atoms with Crippen LogP contribution in [0.25, 0.3) is 38.5 Å². The molecule has 0 radical (unpaired) electrons. The van der Waals surface area contributed by atoms with Gasteiger partial charge in [0.05, 0.1) is 5.69 Å². The molecule has 7 rings (SSSR count). The maximum absolute atomic E-state index is 13.8. The van der Waals surface area contributed by atoms with E-state index in [9.17, 15) is 23.2 Å². The molecular weight excluding hydrogens is 444 g/mol. The summed E-state index contributed by atoms with van der Waals surface area (Å²) in [7, 11) is 0. The van der Waals surface area contributed by atoms with Gasteiger partial charge in [0.15, 0.2) is 11.3 Å². The summed E-state index contributed by atoms with van der Waals surface area (Å²) in [6.45, 7) is 0. The number of imidazole rings is 1. The number of rotatable bonds is 1. The summed E-state index contributed by atoms with van der Waals surface area (Å²) in [6.07, 6.45) is 0. The molecule has 162 valence electrons. The molecule has 0 N–H and O–H groups in total. The Balaban J connectivity index is 1.63. The Morgan fingerprint density at radius 2 is 1.29 bits per heavy atom. The predicted molar refractivity (Wildman–Crippen MR) is 118 cm³/mol. The molecule has 3 aromatic heterocycles. The smallest absolute Gasteiger partial charge is 0.268 e. The Morgan fingerprint density at radius 1 is 0.647 bits per heavy atom. The first kappa shape index (κ1) is 18.7. The summed E-state index contributed by atoms with van der Waals surface area (Å²) < 4.78 is 28.5. The van der Waals surface area contributed by atoms with E-state index in [-0.39, 0.29) is 33.5 Å². The van der Waals surface area contributed by atoms with Gasteiger partial charge in [0.1, 0.15) is 0 Å². The van der Waals surface area contributed by atoms with Gasteiger partial charge in [-0.2, -0.15) is 18.7 Å². The minimum absolute atomic E-state index is 0.0755. The summed E-state index contributed by atoms with van der Waals surface area (Å²) in [5, 5.41) is 1.31. The number of amides is 2. The molecule has 10 heteroatoms. The molecule has 2 amide bonds. The third-order valence-electron chi connectivity index (χ3n) is 6.13. The zero-order chi connectivity index (χ0) is 23.3. The molecule has 0 saturated carbocycles. The zero-order valence-electron chi connectivity index (χ0n) is 16.9. The van der Waals surface area contributed by atoms with Gasteiger partial charge in [-0.3, -0.25) is 14.4 Å². The van der Waals surface area contributed by atoms with Crippen LogP contribution in [0.15, 0.2) is 59.4 Å². The lowest BCUT2D eigenvalue weighted by Gasteiger charge is -2.27. The Morgan fingerprint density at radius 3 is 2.00 bits per heavy atom. The fraction of sp³-hybridized carbons (Fsp3) is 0. The van der Waals surface area contributed by atoms with Crippen LogP contribution in [0.1, 0.15) is 20.7 Å². The molecule has 8 nitrogen and oxygen atoms in total. The highest BCUT2D eigenvalue weighted by molar-refractivity contribution is 6.38. The van der Waals surface area contributed by atoms with Crippen molar-refractivity contribution in [3.8, 4) is 0 Å². The third-order valence-corrected chi connectivity index (χ3v) is 6.13. The van der Waals surface area contributed by atoms with Gasteiger partial charge in [0.2, 0.25) is 5.65 Å². The largest absolute Gasteiger partial charge is 0.270 e. The Hall–Kier alpha value is -4.86. The standard InChI is InChI=1S/C24H9F2N5O3/c25-17-18(26)28-21-19(27-17)29-20-11-6-7-13-16-14(9-8-12(15(11)16)24(34)31(20)21)23(33)30(22(13)32)10-4-2-1-3-5-10/h1-9H. The highest BCUT2D eigenvalue weighted by Crippen LogP contribution is 2.38. The molecule has 1 aliphatic rings. The minimum Gasteiger partial charge on any atom is -0.268 e. The SMILES string of the molecule is O=C1c2ccc3c(=O)n4c5nc(F)c(F)nc5nc4c4ccc(c2c34)C(=O)N1c1ccccc1. The average Bonchev–Trinajstić information content (AvgIpc) is 3.20. The molecule has 0 aliphatic carbocycles. The van der Waals surface area contributed by atoms with E-state index in [1.807, 2.05) is 0 Å². The Kier molecular flexibility index (Phi) is 3.37. The molecule has 1 aliphatic heterocycles. The van der Waals surface area contributed by atoms with Crippen molar-refractivity contribution < 1.29 is 18.4 Å². The second-order valence-corrected chi connectivity index (χ2v) is 7.88. The maximum atomic E-state index is 13.8. The van der Waals surface area contributed by atoms with Gasteiger partial charge in [-0.1, -0.05) is 18.2 Å². The number of imide groups is 1. The number of pyridine rings is 1. The lowest BCUT2D eigenvalue weighted by molar-refractivity contribution is 0.0893. The monoisotopic (exact) mass is 453 g/mol. The third kappa shape index (κ3) is 2.14. The normalized spacial score (nSPS) is 13.8. The number of fused-ring (bicyclic) bond motifs is 4. The van der Waals surface area contributed by atoms with E-state index in [2.05, 4.69) is 15.0 Å². The lowest BCUT2D eigenvalue weighted by Crippen LogP contribution is -2.40. The van der Waals surface area contributed by atoms with Crippen LogP contribution < -0.4 is 10.5 Å². The van der Waals surface area contributed by atoms with Crippen LogP contribution in [-0.4, -0.2) is 31.2 Å². The minimum atomic E-state index is -1.45. The van der Waals surface area contributed by atoms with Crippen molar-refractivity contribution in [2.24, 2.45) is 0 Å². The zero-order valence-corrected chi connectivity index (χ0v) is 16.9. The van der Waals surface area contributed by atoms with Gasteiger partial charge in [-0.05, 0) is 36.4 Å². The van der Waals surface area contributed by atoms with Crippen LogP contribution in [-0.2, 0) is 0 Å². The van der Waals surface area contributed by atoms with Crippen LogP contribution in [0.4, 0.5) is 14.5 Å². The molecule has 0 atom stereocenters. The van der Waals surface area contributed by atoms with Gasteiger partial charge in [-0.15, -0.1) is 0 Å². The summed E-state index contributed by atoms with van der Waals surface area (Å²) >= 11 is 0. The fourth-order valence-electron chi connectivity index (χ4n) is 4.71. The lowest BCUT2D eigenvalue weighted by atomic mass is 9.90. The van der Waals surface area contributed by atoms with E-state index in [1.165, 1.54) is 12.1 Å². The van der Waals surface area contributed by atoms with Crippen molar-refractivity contribution in [1.82, 2.24) is 19.4 Å². The van der Waals surface area contributed by atoms with Gasteiger partial charge in [0, 0.05) is 32.7 Å². The van der Waals surface area contributed by atoms with E-state index in [0.29, 0.717) is 21.8 Å². The van der Waals surface area contributed by atoms with Crippen LogP contribution in [0.3, 0.4) is 0 Å². The number of carbonyl (C=O) groups is 2. The van der Waals surface area contributed by atoms with E-state index < -0.39 is 29.3 Å². The highest BCUT2D eigenvalue weighted by atomic mass is 19.2. The molecule has 3 aromatic carbocycles. The van der Waals surface area contributed by atoms with Gasteiger partial charge < -0.3 is 0 Å². The van der Waals surface area contributed by atoms with Crippen molar-refractivity contribution in [3.63, 3.8) is 0 Å². The summed E-state index contributed by atoms with van der Waals surface area (Å²) in [6, 6.07) is 14.7. The topological polar surface area (TPSA) is 97.5 Å². The average molecular weight is 453 g/mol. The number of hydrogen-bond acceptors (Lipinski definition) is 6. The summed E-state index contributed by atoms with van der Waals surface area (Å²) in [5.41, 5.74) is -0.0431. The van der Waals surface area contributed by atoms with Gasteiger partial charge in [0.25, 0.3) is 29.3 Å². The first-order valence-electron chi connectivity index (χ1n) is 10.2. The number of aromatic nitrogens is 4. The van der Waals surface area contributed by atoms with Crippen molar-refractivity contribution >= 4 is 56.0 Å². The number of benzene rings is 3. The molecule has 0 fully saturated rings. The van der Waals surface area contributed by atoms with Crippen LogP contribution in [0, 0.1) is 11.9 Å². The van der Waals surface area contributed by atoms with Crippen LogP contribution in [0.5, 0.6) is 0 Å². The highest BCUT2D eigenvalue weighted by Gasteiger charge is 2.35. The van der Waals surface area contributed by atoms with Crippen LogP contribution >= 0.6 is 0 Å². The Bertz CT molecular complexity index is 1930. The molecule has 4 heterocycles. The quantitative estimate of drug-likeness (QED) is 0.354. The maximum Gasteiger partial charge on any atom is 0.270 e. The number of nitrogens with zero attached hydrogens (tertiary/aromatic N) is 5. The second kappa shape index (κ2) is 6.13. The van der Waals surface area contributed by atoms with E-state index in [1.54, 1.807) is 42.5 Å². The first-order valence-corrected chi connectivity index (χ1v) is 10.2. The molecule has 0 spiro atoms. The van der Waals surface area contributed by atoms with E-state index in [4.69, 9.17) is 0 Å². The molecular formula is C24H9F2N5O3. The molecule has 0 bridgehead atoms. The van der Waals surface area contributed by atoms with Crippen molar-refractivity contribution in [2.75, 3.05) is 4.90 Å². The van der Waals surface area contributed by atoms with Crippen molar-refractivity contribution in [3.05, 3.63) is 88.0 Å². The number of carbonyl (C=O) groups excluding carboxylic acids is 2. The predicted octanol–water partition coefficient (Wildman–Crippen LogP) is 3.46.